The highest BCUT2D eigenvalue weighted by Crippen LogP contribution is 2.34. The van der Waals surface area contributed by atoms with Crippen LogP contribution in [0, 0.1) is 12.7 Å². The number of aryl methyl sites for hydroxylation is 1. The van der Waals surface area contributed by atoms with E-state index in [0.717, 1.165) is 11.3 Å². The maximum atomic E-state index is 13.9. The zero-order valence-corrected chi connectivity index (χ0v) is 16.2. The molecule has 1 amide bonds. The van der Waals surface area contributed by atoms with Crippen LogP contribution in [0.4, 0.5) is 4.39 Å². The van der Waals surface area contributed by atoms with Gasteiger partial charge in [0.1, 0.15) is 5.82 Å². The Hall–Kier alpha value is -2.89. The number of rotatable bonds is 4. The van der Waals surface area contributed by atoms with E-state index < -0.39 is 11.4 Å². The first kappa shape index (κ1) is 18.9. The van der Waals surface area contributed by atoms with Crippen LogP contribution in [0.15, 0.2) is 41.5 Å². The number of amides is 1. The van der Waals surface area contributed by atoms with Crippen molar-refractivity contribution in [3.05, 3.63) is 58.9 Å². The summed E-state index contributed by atoms with van der Waals surface area (Å²) in [5, 5.41) is 5.99. The third kappa shape index (κ3) is 3.52. The Morgan fingerprint density at radius 3 is 2.44 bits per heavy atom. The first-order chi connectivity index (χ1) is 12.8. The van der Waals surface area contributed by atoms with Gasteiger partial charge in [-0.1, -0.05) is 6.07 Å². The summed E-state index contributed by atoms with van der Waals surface area (Å²) in [6, 6.07) is 10.0. The molecule has 6 heteroatoms. The molecule has 0 saturated heterocycles. The van der Waals surface area contributed by atoms with Crippen LogP contribution >= 0.6 is 0 Å². The molecule has 0 aromatic heterocycles. The van der Waals surface area contributed by atoms with Crippen LogP contribution in [-0.2, 0) is 0 Å². The zero-order valence-electron chi connectivity index (χ0n) is 16.2. The highest BCUT2D eigenvalue weighted by Gasteiger charge is 2.39. The Balaban J connectivity index is 1.96. The van der Waals surface area contributed by atoms with Gasteiger partial charge in [-0.25, -0.2) is 9.40 Å². The normalized spacial score (nSPS) is 15.5. The van der Waals surface area contributed by atoms with Gasteiger partial charge in [0.15, 0.2) is 11.5 Å². The lowest BCUT2D eigenvalue weighted by Crippen LogP contribution is -2.40. The van der Waals surface area contributed by atoms with Gasteiger partial charge in [0.2, 0.25) is 0 Å². The van der Waals surface area contributed by atoms with Gasteiger partial charge >= 0.3 is 0 Å². The lowest BCUT2D eigenvalue weighted by atomic mass is 9.94. The van der Waals surface area contributed by atoms with Gasteiger partial charge in [-0.3, -0.25) is 4.79 Å². The molecule has 0 N–H and O–H groups in total. The highest BCUT2D eigenvalue weighted by atomic mass is 19.1. The van der Waals surface area contributed by atoms with Gasteiger partial charge in [0.05, 0.1) is 25.5 Å². The number of benzene rings is 2. The predicted molar refractivity (Wildman–Crippen MR) is 102 cm³/mol. The second-order valence-corrected chi connectivity index (χ2v) is 7.19. The van der Waals surface area contributed by atoms with Gasteiger partial charge in [0, 0.05) is 17.5 Å². The summed E-state index contributed by atoms with van der Waals surface area (Å²) in [5.74, 6) is 0.499. The van der Waals surface area contributed by atoms with E-state index in [1.54, 1.807) is 33.3 Å². The number of carbonyl (C=O) groups excluding carboxylic acids is 1. The van der Waals surface area contributed by atoms with Gasteiger partial charge in [0.25, 0.3) is 5.91 Å². The number of hydrogen-bond acceptors (Lipinski definition) is 4. The van der Waals surface area contributed by atoms with Crippen molar-refractivity contribution in [2.45, 2.75) is 32.7 Å². The van der Waals surface area contributed by atoms with Gasteiger partial charge < -0.3 is 9.47 Å². The molecular formula is C21H23FN2O3. The molecule has 2 aromatic rings. The van der Waals surface area contributed by atoms with Crippen LogP contribution in [-0.4, -0.2) is 36.4 Å². The van der Waals surface area contributed by atoms with E-state index in [-0.39, 0.29) is 11.5 Å². The predicted octanol–water partition coefficient (Wildman–Crippen LogP) is 4.18. The van der Waals surface area contributed by atoms with Gasteiger partial charge in [-0.2, -0.15) is 5.10 Å². The van der Waals surface area contributed by atoms with E-state index in [9.17, 15) is 9.18 Å². The van der Waals surface area contributed by atoms with Crippen molar-refractivity contribution in [3.8, 4) is 11.5 Å². The second-order valence-electron chi connectivity index (χ2n) is 7.19. The van der Waals surface area contributed by atoms with E-state index in [0.29, 0.717) is 23.5 Å². The van der Waals surface area contributed by atoms with Crippen LogP contribution < -0.4 is 9.47 Å². The van der Waals surface area contributed by atoms with Gasteiger partial charge in [-0.05, 0) is 56.7 Å². The summed E-state index contributed by atoms with van der Waals surface area (Å²) >= 11 is 0. The number of nitrogens with zero attached hydrogens (tertiary/aromatic N) is 2. The van der Waals surface area contributed by atoms with Crippen molar-refractivity contribution in [1.29, 1.82) is 0 Å². The molecule has 0 unspecified atom stereocenters. The Bertz CT molecular complexity index is 922. The molecule has 0 atom stereocenters. The van der Waals surface area contributed by atoms with E-state index >= 15 is 0 Å². The van der Waals surface area contributed by atoms with Crippen LogP contribution in [0.2, 0.25) is 0 Å². The molecule has 27 heavy (non-hydrogen) atoms. The fourth-order valence-electron chi connectivity index (χ4n) is 3.12. The Morgan fingerprint density at radius 2 is 1.81 bits per heavy atom. The van der Waals surface area contributed by atoms with Gasteiger partial charge in [-0.15, -0.1) is 0 Å². The molecule has 0 spiro atoms. The third-order valence-corrected chi connectivity index (χ3v) is 4.72. The van der Waals surface area contributed by atoms with Crippen molar-refractivity contribution in [3.63, 3.8) is 0 Å². The van der Waals surface area contributed by atoms with Crippen molar-refractivity contribution in [2.75, 3.05) is 14.2 Å². The van der Waals surface area contributed by atoms with Crippen LogP contribution in [0.1, 0.15) is 41.8 Å². The van der Waals surface area contributed by atoms with E-state index in [1.807, 2.05) is 32.0 Å². The van der Waals surface area contributed by atoms with E-state index in [4.69, 9.17) is 9.47 Å². The molecule has 0 aliphatic carbocycles. The molecular weight excluding hydrogens is 347 g/mol. The number of ether oxygens (including phenoxy) is 2. The smallest absolute Gasteiger partial charge is 0.274 e. The largest absolute Gasteiger partial charge is 0.493 e. The first-order valence-corrected chi connectivity index (χ1v) is 8.67. The number of hydrazone groups is 1. The molecule has 5 nitrogen and oxygen atoms in total. The molecule has 1 heterocycles. The summed E-state index contributed by atoms with van der Waals surface area (Å²) in [6.07, 6.45) is 0.572. The minimum Gasteiger partial charge on any atom is -0.493 e. The molecule has 1 aliphatic heterocycles. The lowest BCUT2D eigenvalue weighted by molar-refractivity contribution is 0.0612. The molecule has 3 rings (SSSR count). The van der Waals surface area contributed by atoms with Crippen LogP contribution in [0.5, 0.6) is 11.5 Å². The van der Waals surface area contributed by atoms with E-state index in [1.165, 1.54) is 11.1 Å². The number of methoxy groups -OCH3 is 2. The molecule has 1 aliphatic rings. The molecule has 0 saturated carbocycles. The molecule has 0 radical (unpaired) electrons. The average molecular weight is 370 g/mol. The maximum Gasteiger partial charge on any atom is 0.274 e. The lowest BCUT2D eigenvalue weighted by Gasteiger charge is -2.28. The van der Waals surface area contributed by atoms with Crippen molar-refractivity contribution in [2.24, 2.45) is 5.10 Å². The Morgan fingerprint density at radius 1 is 1.11 bits per heavy atom. The third-order valence-electron chi connectivity index (χ3n) is 4.72. The quantitative estimate of drug-likeness (QED) is 0.811. The Labute approximate surface area is 158 Å². The minimum atomic E-state index is -0.527. The summed E-state index contributed by atoms with van der Waals surface area (Å²) < 4.78 is 24.5. The summed E-state index contributed by atoms with van der Waals surface area (Å²) in [5.41, 5.74) is 1.87. The molecule has 142 valence electrons. The summed E-state index contributed by atoms with van der Waals surface area (Å²) in [7, 11) is 3.15. The fraction of sp³-hybridized carbons (Fsp3) is 0.333. The van der Waals surface area contributed by atoms with Crippen molar-refractivity contribution >= 4 is 11.6 Å². The number of halogens is 1. The second kappa shape index (κ2) is 7.02. The molecule has 2 aromatic carbocycles. The average Bonchev–Trinajstić information content (AvgIpc) is 2.98. The number of hydrogen-bond donors (Lipinski definition) is 0. The number of carbonyl (C=O) groups is 1. The summed E-state index contributed by atoms with van der Waals surface area (Å²) in [4.78, 5) is 12.9. The summed E-state index contributed by atoms with van der Waals surface area (Å²) in [6.45, 7) is 5.54. The van der Waals surface area contributed by atoms with Crippen molar-refractivity contribution in [1.82, 2.24) is 5.01 Å². The fourth-order valence-corrected chi connectivity index (χ4v) is 3.12. The SMILES string of the molecule is COc1ccc(C2=NN(C(=O)c3ccc(C)c(F)c3)C(C)(C)C2)cc1OC. The maximum absolute atomic E-state index is 13.9. The molecule has 0 bridgehead atoms. The standard InChI is InChI=1S/C21H23FN2O3/c1-13-6-7-15(10-16(13)22)20(25)24-21(2,3)12-17(23-24)14-8-9-18(26-4)19(11-14)27-5/h6-11H,12H2,1-5H3. The topological polar surface area (TPSA) is 51.1 Å². The highest BCUT2D eigenvalue weighted by molar-refractivity contribution is 6.05. The Kier molecular flexibility index (Phi) is 4.91. The van der Waals surface area contributed by atoms with Crippen LogP contribution in [0.25, 0.3) is 0 Å². The zero-order chi connectivity index (χ0) is 19.8. The van der Waals surface area contributed by atoms with E-state index in [2.05, 4.69) is 5.10 Å². The first-order valence-electron chi connectivity index (χ1n) is 8.67. The molecule has 0 fully saturated rings. The van der Waals surface area contributed by atoms with Crippen molar-refractivity contribution < 1.29 is 18.7 Å². The van der Waals surface area contributed by atoms with Crippen LogP contribution in [0.3, 0.4) is 0 Å². The monoisotopic (exact) mass is 370 g/mol. The minimum absolute atomic E-state index is 0.281.